The molecule has 2 aliphatic rings. The molecule has 1 saturated carbocycles. The van der Waals surface area contributed by atoms with Crippen LogP contribution in [0.3, 0.4) is 0 Å². The van der Waals surface area contributed by atoms with Crippen LogP contribution >= 0.6 is 0 Å². The van der Waals surface area contributed by atoms with Gasteiger partial charge in [0.25, 0.3) is 0 Å². The molecule has 1 aromatic rings. The van der Waals surface area contributed by atoms with E-state index in [0.29, 0.717) is 24.6 Å². The highest BCUT2D eigenvalue weighted by molar-refractivity contribution is 5.82. The second-order valence-corrected chi connectivity index (χ2v) is 6.19. The van der Waals surface area contributed by atoms with Crippen LogP contribution < -0.4 is 10.6 Å². The van der Waals surface area contributed by atoms with Gasteiger partial charge in [-0.1, -0.05) is 6.07 Å². The number of nitrogens with zero attached hydrogens (tertiary/aromatic N) is 1. The number of amides is 3. The minimum atomic E-state index is -0.946. The van der Waals surface area contributed by atoms with E-state index in [1.807, 2.05) is 4.90 Å². The predicted molar refractivity (Wildman–Crippen MR) is 79.6 cm³/mol. The molecule has 5 nitrogen and oxygen atoms in total. The van der Waals surface area contributed by atoms with E-state index in [4.69, 9.17) is 0 Å². The fourth-order valence-corrected chi connectivity index (χ4v) is 2.86. The first kappa shape index (κ1) is 15.7. The number of rotatable bonds is 4. The molecule has 124 valence electrons. The topological polar surface area (TPSA) is 61.4 Å². The monoisotopic (exact) mass is 323 g/mol. The summed E-state index contributed by atoms with van der Waals surface area (Å²) in [5.74, 6) is -1.79. The molecule has 2 fully saturated rings. The largest absolute Gasteiger partial charge is 0.338 e. The lowest BCUT2D eigenvalue weighted by Gasteiger charge is -2.19. The first-order valence-electron chi connectivity index (χ1n) is 7.75. The highest BCUT2D eigenvalue weighted by Gasteiger charge is 2.39. The van der Waals surface area contributed by atoms with Crippen LogP contribution in [0.2, 0.25) is 0 Å². The quantitative estimate of drug-likeness (QED) is 0.891. The van der Waals surface area contributed by atoms with E-state index in [1.54, 1.807) is 6.92 Å². The summed E-state index contributed by atoms with van der Waals surface area (Å²) in [6, 6.07) is 2.77. The maximum Gasteiger partial charge on any atom is 0.315 e. The minimum Gasteiger partial charge on any atom is -0.338 e. The molecule has 2 atom stereocenters. The van der Waals surface area contributed by atoms with Crippen LogP contribution in [-0.2, 0) is 4.79 Å². The van der Waals surface area contributed by atoms with Gasteiger partial charge in [0, 0.05) is 19.0 Å². The summed E-state index contributed by atoms with van der Waals surface area (Å²) < 4.78 is 26.2. The van der Waals surface area contributed by atoms with Crippen molar-refractivity contribution in [2.45, 2.75) is 44.3 Å². The average molecular weight is 323 g/mol. The molecule has 0 bridgehead atoms. The lowest BCUT2D eigenvalue weighted by Crippen LogP contribution is -2.44. The van der Waals surface area contributed by atoms with Gasteiger partial charge in [0.05, 0.1) is 12.1 Å². The van der Waals surface area contributed by atoms with Gasteiger partial charge in [-0.2, -0.15) is 0 Å². The van der Waals surface area contributed by atoms with Crippen LogP contribution in [0.4, 0.5) is 13.6 Å². The van der Waals surface area contributed by atoms with E-state index in [2.05, 4.69) is 10.6 Å². The zero-order chi connectivity index (χ0) is 16.6. The van der Waals surface area contributed by atoms with Crippen molar-refractivity contribution < 1.29 is 18.4 Å². The molecule has 7 heteroatoms. The van der Waals surface area contributed by atoms with Crippen LogP contribution in [0.5, 0.6) is 0 Å². The second kappa shape index (κ2) is 6.14. The number of likely N-dealkylation sites (tertiary alicyclic amines) is 1. The number of halogens is 2. The molecule has 0 radical (unpaired) electrons. The van der Waals surface area contributed by atoms with Gasteiger partial charge >= 0.3 is 6.03 Å². The number of benzene rings is 1. The van der Waals surface area contributed by atoms with Gasteiger partial charge in [-0.3, -0.25) is 4.79 Å². The molecule has 2 N–H and O–H groups in total. The van der Waals surface area contributed by atoms with E-state index >= 15 is 0 Å². The van der Waals surface area contributed by atoms with Crippen molar-refractivity contribution in [2.24, 2.45) is 0 Å². The van der Waals surface area contributed by atoms with Gasteiger partial charge in [-0.25, -0.2) is 13.6 Å². The van der Waals surface area contributed by atoms with Gasteiger partial charge in [0.1, 0.15) is 0 Å². The molecular formula is C16H19F2N3O2. The zero-order valence-electron chi connectivity index (χ0n) is 12.8. The molecule has 0 spiro atoms. The molecular weight excluding hydrogens is 304 g/mol. The van der Waals surface area contributed by atoms with E-state index in [9.17, 15) is 18.4 Å². The standard InChI is InChI=1S/C16H19F2N3O2/c1-9(10-2-5-13(17)14(18)6-10)19-16(23)20-11-7-15(22)21(8-11)12-3-4-12/h2,5-6,9,11-12H,3-4,7-8H2,1H3,(H2,19,20,23)/t9-,11+/m1/s1. The molecule has 1 aliphatic carbocycles. The fraction of sp³-hybridized carbons (Fsp3) is 0.500. The Morgan fingerprint density at radius 2 is 2.04 bits per heavy atom. The van der Waals surface area contributed by atoms with Crippen molar-refractivity contribution in [3.8, 4) is 0 Å². The fourth-order valence-electron chi connectivity index (χ4n) is 2.86. The number of hydrogen-bond acceptors (Lipinski definition) is 2. The highest BCUT2D eigenvalue weighted by Crippen LogP contribution is 2.30. The second-order valence-electron chi connectivity index (χ2n) is 6.19. The van der Waals surface area contributed by atoms with Gasteiger partial charge in [0.15, 0.2) is 11.6 Å². The van der Waals surface area contributed by atoms with Crippen LogP contribution in [0.1, 0.15) is 37.8 Å². The number of carbonyl (C=O) groups excluding carboxylic acids is 2. The molecule has 0 aromatic heterocycles. The number of urea groups is 1. The maximum absolute atomic E-state index is 13.2. The minimum absolute atomic E-state index is 0.0754. The SMILES string of the molecule is C[C@@H](NC(=O)N[C@H]1CC(=O)N(C2CC2)C1)c1ccc(F)c(F)c1. The van der Waals surface area contributed by atoms with E-state index in [-0.39, 0.29) is 11.9 Å². The number of carbonyl (C=O) groups is 2. The van der Waals surface area contributed by atoms with Crippen LogP contribution in [0.25, 0.3) is 0 Å². The van der Waals surface area contributed by atoms with Crippen molar-refractivity contribution in [2.75, 3.05) is 6.54 Å². The molecule has 1 aromatic carbocycles. The van der Waals surface area contributed by atoms with E-state index < -0.39 is 23.7 Å². The Morgan fingerprint density at radius 1 is 1.30 bits per heavy atom. The molecule has 1 saturated heterocycles. The summed E-state index contributed by atoms with van der Waals surface area (Å²) in [5, 5.41) is 5.44. The molecule has 23 heavy (non-hydrogen) atoms. The van der Waals surface area contributed by atoms with Crippen molar-refractivity contribution in [1.82, 2.24) is 15.5 Å². The first-order valence-corrected chi connectivity index (χ1v) is 7.75. The third-order valence-corrected chi connectivity index (χ3v) is 4.27. The van der Waals surface area contributed by atoms with Gasteiger partial charge in [-0.05, 0) is 37.5 Å². The molecule has 3 rings (SSSR count). The van der Waals surface area contributed by atoms with Crippen LogP contribution in [-0.4, -0.2) is 35.5 Å². The van der Waals surface area contributed by atoms with Crippen molar-refractivity contribution in [1.29, 1.82) is 0 Å². The first-order chi connectivity index (χ1) is 10.9. The average Bonchev–Trinajstić information content (AvgIpc) is 3.26. The maximum atomic E-state index is 13.2. The van der Waals surface area contributed by atoms with Crippen LogP contribution in [0.15, 0.2) is 18.2 Å². The van der Waals surface area contributed by atoms with Gasteiger partial charge in [0.2, 0.25) is 5.91 Å². The Kier molecular flexibility index (Phi) is 4.19. The predicted octanol–water partition coefficient (Wildman–Crippen LogP) is 2.09. The van der Waals surface area contributed by atoms with Crippen molar-refractivity contribution in [3.05, 3.63) is 35.4 Å². The molecule has 3 amide bonds. The Hall–Kier alpha value is -2.18. The normalized spacial score (nSPS) is 22.1. The summed E-state index contributed by atoms with van der Waals surface area (Å²) in [7, 11) is 0. The summed E-state index contributed by atoms with van der Waals surface area (Å²) >= 11 is 0. The van der Waals surface area contributed by atoms with Gasteiger partial charge in [-0.15, -0.1) is 0 Å². The lowest BCUT2D eigenvalue weighted by molar-refractivity contribution is -0.128. The van der Waals surface area contributed by atoms with Gasteiger partial charge < -0.3 is 15.5 Å². The summed E-state index contributed by atoms with van der Waals surface area (Å²) in [6.45, 7) is 2.22. The zero-order valence-corrected chi connectivity index (χ0v) is 12.8. The Labute approximate surface area is 133 Å². The Morgan fingerprint density at radius 3 is 2.70 bits per heavy atom. The highest BCUT2D eigenvalue weighted by atomic mass is 19.2. The summed E-state index contributed by atoms with van der Waals surface area (Å²) in [4.78, 5) is 25.7. The van der Waals surface area contributed by atoms with Crippen LogP contribution in [0, 0.1) is 11.6 Å². The van der Waals surface area contributed by atoms with E-state index in [0.717, 1.165) is 25.0 Å². The van der Waals surface area contributed by atoms with Crippen molar-refractivity contribution >= 4 is 11.9 Å². The third kappa shape index (κ3) is 3.60. The number of nitrogens with one attached hydrogen (secondary N) is 2. The van der Waals surface area contributed by atoms with E-state index in [1.165, 1.54) is 6.07 Å². The molecule has 1 heterocycles. The smallest absolute Gasteiger partial charge is 0.315 e. The summed E-state index contributed by atoms with van der Waals surface area (Å²) in [5.41, 5.74) is 0.473. The van der Waals surface area contributed by atoms with Crippen molar-refractivity contribution in [3.63, 3.8) is 0 Å². The summed E-state index contributed by atoms with van der Waals surface area (Å²) in [6.07, 6.45) is 2.39. The Balaban J connectivity index is 1.52. The molecule has 1 aliphatic heterocycles. The molecule has 0 unspecified atom stereocenters. The Bertz CT molecular complexity index is 634. The lowest BCUT2D eigenvalue weighted by atomic mass is 10.1. The third-order valence-electron chi connectivity index (χ3n) is 4.27. The number of hydrogen-bond donors (Lipinski definition) is 2.